The van der Waals surface area contributed by atoms with Gasteiger partial charge in [-0.05, 0) is 25.7 Å². The van der Waals surface area contributed by atoms with Gasteiger partial charge in [0.1, 0.15) is 5.54 Å². The highest BCUT2D eigenvalue weighted by Crippen LogP contribution is 2.28. The Kier molecular flexibility index (Phi) is 7.35. The van der Waals surface area contributed by atoms with Gasteiger partial charge in [-0.25, -0.2) is 4.79 Å². The Morgan fingerprint density at radius 3 is 2.36 bits per heavy atom. The highest BCUT2D eigenvalue weighted by molar-refractivity contribution is 5.89. The van der Waals surface area contributed by atoms with Crippen LogP contribution in [0, 0.1) is 5.92 Å². The molecule has 2 amide bonds. The first-order valence-corrected chi connectivity index (χ1v) is 8.18. The van der Waals surface area contributed by atoms with Crippen LogP contribution >= 0.6 is 0 Å². The molecule has 22 heavy (non-hydrogen) atoms. The molecule has 6 nitrogen and oxygen atoms in total. The van der Waals surface area contributed by atoms with E-state index in [1.807, 2.05) is 6.92 Å². The molecule has 1 unspecified atom stereocenters. The highest BCUT2D eigenvalue weighted by Gasteiger charge is 2.33. The monoisotopic (exact) mass is 312 g/mol. The number of aliphatic carboxylic acids is 1. The predicted octanol–water partition coefficient (Wildman–Crippen LogP) is 1.83. The Morgan fingerprint density at radius 1 is 1.18 bits per heavy atom. The second-order valence-electron chi connectivity index (χ2n) is 6.40. The van der Waals surface area contributed by atoms with E-state index in [-0.39, 0.29) is 12.5 Å². The summed E-state index contributed by atoms with van der Waals surface area (Å²) < 4.78 is 0. The fourth-order valence-electron chi connectivity index (χ4n) is 2.98. The fraction of sp³-hybridized carbons (Fsp3) is 0.812. The summed E-state index contributed by atoms with van der Waals surface area (Å²) in [4.78, 5) is 34.8. The molecule has 0 radical (unpaired) electrons. The molecule has 1 fully saturated rings. The van der Waals surface area contributed by atoms with Crippen molar-refractivity contribution in [2.45, 2.75) is 70.8 Å². The van der Waals surface area contributed by atoms with Gasteiger partial charge in [0, 0.05) is 6.42 Å². The number of carbonyl (C=O) groups excluding carboxylic acids is 2. The molecule has 0 aromatic carbocycles. The summed E-state index contributed by atoms with van der Waals surface area (Å²) >= 11 is 0. The Balaban J connectivity index is 2.28. The van der Waals surface area contributed by atoms with Crippen molar-refractivity contribution in [3.63, 3.8) is 0 Å². The summed E-state index contributed by atoms with van der Waals surface area (Å²) in [5.74, 6) is -1.03. The van der Waals surface area contributed by atoms with E-state index in [1.165, 1.54) is 32.6 Å². The normalized spacial score (nSPS) is 17.7. The number of rotatable bonds is 9. The average molecular weight is 312 g/mol. The van der Waals surface area contributed by atoms with E-state index in [4.69, 9.17) is 0 Å². The molecule has 0 spiro atoms. The van der Waals surface area contributed by atoms with Crippen molar-refractivity contribution in [2.75, 3.05) is 6.54 Å². The maximum Gasteiger partial charge on any atom is 0.329 e. The molecule has 0 saturated heterocycles. The van der Waals surface area contributed by atoms with Crippen molar-refractivity contribution in [1.82, 2.24) is 10.6 Å². The average Bonchev–Trinajstić information content (AvgIpc) is 2.96. The predicted molar refractivity (Wildman–Crippen MR) is 83.3 cm³/mol. The first kappa shape index (κ1) is 18.5. The standard InChI is InChI=1S/C16H28N2O4/c1-3-10-16(2,15(21)22)18-14(20)11-17-13(19)9-8-12-6-4-5-7-12/h12H,3-11H2,1-2H3,(H,17,19)(H,18,20)(H,21,22). The van der Waals surface area contributed by atoms with E-state index in [9.17, 15) is 19.5 Å². The summed E-state index contributed by atoms with van der Waals surface area (Å²) in [5, 5.41) is 14.3. The molecular weight excluding hydrogens is 284 g/mol. The molecule has 1 aliphatic rings. The van der Waals surface area contributed by atoms with Gasteiger partial charge in [-0.15, -0.1) is 0 Å². The molecule has 126 valence electrons. The summed E-state index contributed by atoms with van der Waals surface area (Å²) in [7, 11) is 0. The van der Waals surface area contributed by atoms with Gasteiger partial charge in [0.25, 0.3) is 0 Å². The lowest BCUT2D eigenvalue weighted by Gasteiger charge is -2.25. The van der Waals surface area contributed by atoms with Crippen LogP contribution < -0.4 is 10.6 Å². The molecule has 1 atom stereocenters. The molecule has 1 saturated carbocycles. The van der Waals surface area contributed by atoms with Gasteiger partial charge in [0.15, 0.2) is 0 Å². The quantitative estimate of drug-likeness (QED) is 0.605. The van der Waals surface area contributed by atoms with Crippen molar-refractivity contribution in [2.24, 2.45) is 5.92 Å². The third kappa shape index (κ3) is 6.03. The van der Waals surface area contributed by atoms with Crippen molar-refractivity contribution in [3.05, 3.63) is 0 Å². The first-order valence-electron chi connectivity index (χ1n) is 8.18. The van der Waals surface area contributed by atoms with E-state index in [0.29, 0.717) is 25.2 Å². The molecule has 0 heterocycles. The maximum absolute atomic E-state index is 11.8. The molecule has 6 heteroatoms. The zero-order valence-corrected chi connectivity index (χ0v) is 13.6. The van der Waals surface area contributed by atoms with Crippen LogP contribution in [0.1, 0.15) is 65.2 Å². The van der Waals surface area contributed by atoms with Gasteiger partial charge in [-0.2, -0.15) is 0 Å². The summed E-state index contributed by atoms with van der Waals surface area (Å²) in [6.45, 7) is 3.17. The third-order valence-corrected chi connectivity index (χ3v) is 4.34. The maximum atomic E-state index is 11.8. The van der Waals surface area contributed by atoms with Gasteiger partial charge in [-0.3, -0.25) is 9.59 Å². The van der Waals surface area contributed by atoms with Crippen LogP contribution in [0.3, 0.4) is 0 Å². The number of carboxylic acid groups (broad SMARTS) is 1. The fourth-order valence-corrected chi connectivity index (χ4v) is 2.98. The van der Waals surface area contributed by atoms with E-state index in [2.05, 4.69) is 10.6 Å². The lowest BCUT2D eigenvalue weighted by atomic mass is 9.96. The van der Waals surface area contributed by atoms with Gasteiger partial charge in [0.05, 0.1) is 6.54 Å². The second kappa shape index (κ2) is 8.76. The number of hydrogen-bond donors (Lipinski definition) is 3. The summed E-state index contributed by atoms with van der Waals surface area (Å²) in [5.41, 5.74) is -1.28. The topological polar surface area (TPSA) is 95.5 Å². The van der Waals surface area contributed by atoms with Crippen molar-refractivity contribution >= 4 is 17.8 Å². The largest absolute Gasteiger partial charge is 0.480 e. The molecule has 1 aliphatic carbocycles. The van der Waals surface area contributed by atoms with Crippen molar-refractivity contribution in [3.8, 4) is 0 Å². The first-order chi connectivity index (χ1) is 10.4. The minimum Gasteiger partial charge on any atom is -0.480 e. The van der Waals surface area contributed by atoms with Crippen LogP contribution in [-0.4, -0.2) is 35.0 Å². The third-order valence-electron chi connectivity index (χ3n) is 4.34. The lowest BCUT2D eigenvalue weighted by molar-refractivity contribution is -0.147. The SMILES string of the molecule is CCCC(C)(NC(=O)CNC(=O)CCC1CCCC1)C(=O)O. The van der Waals surface area contributed by atoms with Crippen LogP contribution in [0.4, 0.5) is 0 Å². The lowest BCUT2D eigenvalue weighted by Crippen LogP contribution is -2.54. The Hall–Kier alpha value is -1.59. The minimum absolute atomic E-state index is 0.144. The number of carbonyl (C=O) groups is 3. The van der Waals surface area contributed by atoms with Crippen LogP contribution in [0.25, 0.3) is 0 Å². The van der Waals surface area contributed by atoms with Crippen LogP contribution in [0.15, 0.2) is 0 Å². The zero-order valence-electron chi connectivity index (χ0n) is 13.6. The smallest absolute Gasteiger partial charge is 0.329 e. The number of carboxylic acids is 1. The van der Waals surface area contributed by atoms with Gasteiger partial charge in [-0.1, -0.05) is 39.0 Å². The van der Waals surface area contributed by atoms with Crippen LogP contribution in [0.2, 0.25) is 0 Å². The van der Waals surface area contributed by atoms with Crippen LogP contribution in [-0.2, 0) is 14.4 Å². The molecule has 0 bridgehead atoms. The summed E-state index contributed by atoms with van der Waals surface area (Å²) in [6.07, 6.45) is 7.20. The summed E-state index contributed by atoms with van der Waals surface area (Å²) in [6, 6.07) is 0. The van der Waals surface area contributed by atoms with E-state index >= 15 is 0 Å². The van der Waals surface area contributed by atoms with E-state index < -0.39 is 17.4 Å². The highest BCUT2D eigenvalue weighted by atomic mass is 16.4. The molecule has 1 rings (SSSR count). The van der Waals surface area contributed by atoms with E-state index in [0.717, 1.165) is 6.42 Å². The minimum atomic E-state index is -1.28. The Bertz CT molecular complexity index is 405. The van der Waals surface area contributed by atoms with Crippen molar-refractivity contribution in [1.29, 1.82) is 0 Å². The van der Waals surface area contributed by atoms with Gasteiger partial charge in [0.2, 0.25) is 11.8 Å². The number of amides is 2. The number of hydrogen-bond acceptors (Lipinski definition) is 3. The second-order valence-corrected chi connectivity index (χ2v) is 6.40. The molecule has 0 aromatic rings. The Morgan fingerprint density at radius 2 is 1.82 bits per heavy atom. The molecule has 3 N–H and O–H groups in total. The van der Waals surface area contributed by atoms with E-state index in [1.54, 1.807) is 0 Å². The Labute approximate surface area is 132 Å². The molecular formula is C16H28N2O4. The molecule has 0 aromatic heterocycles. The zero-order chi connectivity index (χ0) is 16.6. The van der Waals surface area contributed by atoms with Gasteiger partial charge >= 0.3 is 5.97 Å². The number of nitrogens with one attached hydrogen (secondary N) is 2. The van der Waals surface area contributed by atoms with Crippen molar-refractivity contribution < 1.29 is 19.5 Å². The van der Waals surface area contributed by atoms with Crippen LogP contribution in [0.5, 0.6) is 0 Å². The molecule has 0 aliphatic heterocycles. The van der Waals surface area contributed by atoms with Gasteiger partial charge < -0.3 is 15.7 Å².